The van der Waals surface area contributed by atoms with Gasteiger partial charge >= 0.3 is 0 Å². The lowest BCUT2D eigenvalue weighted by Crippen LogP contribution is -2.46. The molecule has 0 aromatic heterocycles. The van der Waals surface area contributed by atoms with Crippen LogP contribution in [0.3, 0.4) is 0 Å². The summed E-state index contributed by atoms with van der Waals surface area (Å²) in [6.07, 6.45) is -0.591. The summed E-state index contributed by atoms with van der Waals surface area (Å²) in [4.78, 5) is 0.150. The molecule has 2 aromatic carbocycles. The molecule has 0 aliphatic carbocycles. The summed E-state index contributed by atoms with van der Waals surface area (Å²) in [6.45, 7) is 0. The van der Waals surface area contributed by atoms with E-state index in [-0.39, 0.29) is 10.6 Å². The van der Waals surface area contributed by atoms with Gasteiger partial charge in [0.1, 0.15) is 5.75 Å². The highest BCUT2D eigenvalue weighted by Gasteiger charge is 2.41. The molecule has 1 heterocycles. The molecular weight excluding hydrogens is 302 g/mol. The van der Waals surface area contributed by atoms with Crippen LogP contribution in [-0.2, 0) is 16.4 Å². The first-order valence-corrected chi connectivity index (χ1v) is 8.38. The van der Waals surface area contributed by atoms with Gasteiger partial charge in [0, 0.05) is 12.6 Å². The van der Waals surface area contributed by atoms with Crippen LogP contribution in [0.4, 0.5) is 0 Å². The third-order valence-electron chi connectivity index (χ3n) is 4.08. The highest BCUT2D eigenvalue weighted by atomic mass is 32.2. The van der Waals surface area contributed by atoms with Crippen molar-refractivity contribution in [1.82, 2.24) is 4.31 Å². The molecule has 0 spiro atoms. The fraction of sp³-hybridized carbons (Fsp3) is 0.250. The topological polar surface area (TPSA) is 77.8 Å². The van der Waals surface area contributed by atoms with Crippen molar-refractivity contribution in [3.63, 3.8) is 0 Å². The molecule has 3 rings (SSSR count). The minimum atomic E-state index is -3.62. The van der Waals surface area contributed by atoms with E-state index >= 15 is 0 Å². The number of fused-ring (bicyclic) bond motifs is 1. The zero-order valence-electron chi connectivity index (χ0n) is 12.0. The molecule has 0 amide bonds. The van der Waals surface area contributed by atoms with Crippen LogP contribution in [0, 0.1) is 0 Å². The molecule has 2 N–H and O–H groups in total. The van der Waals surface area contributed by atoms with Crippen molar-refractivity contribution in [1.29, 1.82) is 0 Å². The molecule has 2 atom stereocenters. The largest absolute Gasteiger partial charge is 0.508 e. The lowest BCUT2D eigenvalue weighted by atomic mass is 9.96. The Hall–Kier alpha value is -1.89. The number of hydrogen-bond acceptors (Lipinski definition) is 4. The van der Waals surface area contributed by atoms with E-state index in [2.05, 4.69) is 0 Å². The zero-order chi connectivity index (χ0) is 15.9. The first-order valence-electron chi connectivity index (χ1n) is 6.94. The van der Waals surface area contributed by atoms with Crippen molar-refractivity contribution < 1.29 is 18.6 Å². The Morgan fingerprint density at radius 3 is 2.59 bits per heavy atom. The van der Waals surface area contributed by atoms with Crippen LogP contribution in [0.5, 0.6) is 5.75 Å². The maximum absolute atomic E-state index is 12.6. The number of rotatable bonds is 2. The van der Waals surface area contributed by atoms with Crippen molar-refractivity contribution in [3.8, 4) is 5.75 Å². The van der Waals surface area contributed by atoms with Gasteiger partial charge in [0.05, 0.1) is 17.0 Å². The molecule has 0 unspecified atom stereocenters. The van der Waals surface area contributed by atoms with Crippen LogP contribution in [0.25, 0.3) is 0 Å². The highest BCUT2D eigenvalue weighted by Crippen LogP contribution is 2.37. The standard InChI is InChI=1S/C16H17NO4S/c1-17-14(10-11-5-4-6-12(18)9-11)16(19)13-7-2-3-8-15(13)22(17,20)21/h2-9,14,16,18-19H,10H2,1H3/t14-,16+/m0/s1. The molecule has 1 aliphatic heterocycles. The zero-order valence-corrected chi connectivity index (χ0v) is 12.9. The molecule has 116 valence electrons. The number of aliphatic hydroxyl groups excluding tert-OH is 1. The summed E-state index contributed by atoms with van der Waals surface area (Å²) < 4.78 is 26.4. The fourth-order valence-corrected chi connectivity index (χ4v) is 4.46. The number of benzene rings is 2. The maximum atomic E-state index is 12.6. The summed E-state index contributed by atoms with van der Waals surface area (Å²) in [6, 6.07) is 12.5. The lowest BCUT2D eigenvalue weighted by Gasteiger charge is -2.37. The van der Waals surface area contributed by atoms with Crippen molar-refractivity contribution in [2.24, 2.45) is 0 Å². The van der Waals surface area contributed by atoms with Crippen molar-refractivity contribution >= 4 is 10.0 Å². The number of phenols is 1. The summed E-state index contributed by atoms with van der Waals surface area (Å²) >= 11 is 0. The number of hydrogen-bond donors (Lipinski definition) is 2. The average molecular weight is 319 g/mol. The SMILES string of the molecule is CN1[C@@H](Cc2cccc(O)c2)[C@H](O)c2ccccc2S1(=O)=O. The van der Waals surface area contributed by atoms with Crippen molar-refractivity contribution in [2.45, 2.75) is 23.5 Å². The number of aliphatic hydroxyl groups is 1. The van der Waals surface area contributed by atoms with E-state index < -0.39 is 22.2 Å². The normalized spacial score (nSPS) is 23.9. The molecule has 0 radical (unpaired) electrons. The van der Waals surface area contributed by atoms with Crippen LogP contribution in [0.15, 0.2) is 53.4 Å². The third kappa shape index (κ3) is 2.39. The molecule has 1 aliphatic rings. The molecule has 0 saturated heterocycles. The van der Waals surface area contributed by atoms with E-state index in [4.69, 9.17) is 0 Å². The lowest BCUT2D eigenvalue weighted by molar-refractivity contribution is 0.0891. The minimum Gasteiger partial charge on any atom is -0.508 e. The Bertz CT molecular complexity index is 803. The number of phenolic OH excluding ortho intramolecular Hbond substituents is 1. The summed E-state index contributed by atoms with van der Waals surface area (Å²) in [5.74, 6) is 0.119. The van der Waals surface area contributed by atoms with Crippen LogP contribution < -0.4 is 0 Å². The second kappa shape index (κ2) is 5.39. The monoisotopic (exact) mass is 319 g/mol. The number of nitrogens with zero attached hydrogens (tertiary/aromatic N) is 1. The molecule has 22 heavy (non-hydrogen) atoms. The smallest absolute Gasteiger partial charge is 0.243 e. The second-order valence-corrected chi connectivity index (χ2v) is 7.41. The van der Waals surface area contributed by atoms with Crippen molar-refractivity contribution in [3.05, 3.63) is 59.7 Å². The molecule has 6 heteroatoms. The van der Waals surface area contributed by atoms with Gasteiger partial charge in [0.2, 0.25) is 10.0 Å². The number of aromatic hydroxyl groups is 1. The predicted octanol–water partition coefficient (Wildman–Crippen LogP) is 1.67. The molecule has 0 saturated carbocycles. The molecule has 0 fully saturated rings. The predicted molar refractivity (Wildman–Crippen MR) is 81.9 cm³/mol. The Morgan fingerprint density at radius 1 is 1.14 bits per heavy atom. The number of sulfonamides is 1. The van der Waals surface area contributed by atoms with E-state index in [1.165, 1.54) is 17.4 Å². The van der Waals surface area contributed by atoms with Crippen LogP contribution >= 0.6 is 0 Å². The molecular formula is C16H17NO4S. The van der Waals surface area contributed by atoms with Crippen LogP contribution in [-0.4, -0.2) is 36.0 Å². The summed E-state index contributed by atoms with van der Waals surface area (Å²) in [5.41, 5.74) is 1.19. The Labute approximate surface area is 129 Å². The highest BCUT2D eigenvalue weighted by molar-refractivity contribution is 7.89. The van der Waals surface area contributed by atoms with Gasteiger partial charge in [-0.3, -0.25) is 0 Å². The molecule has 5 nitrogen and oxygen atoms in total. The summed E-state index contributed by atoms with van der Waals surface area (Å²) in [7, 11) is -2.15. The molecule has 0 bridgehead atoms. The average Bonchev–Trinajstić information content (AvgIpc) is 2.50. The van der Waals surface area contributed by atoms with Crippen LogP contribution in [0.1, 0.15) is 17.2 Å². The number of likely N-dealkylation sites (N-methyl/N-ethyl adjacent to an activating group) is 1. The first-order chi connectivity index (χ1) is 10.4. The fourth-order valence-electron chi connectivity index (χ4n) is 2.86. The van der Waals surface area contributed by atoms with Crippen LogP contribution in [0.2, 0.25) is 0 Å². The molecule has 2 aromatic rings. The van der Waals surface area contributed by atoms with E-state index in [1.807, 2.05) is 0 Å². The Kier molecular flexibility index (Phi) is 3.68. The third-order valence-corrected chi connectivity index (χ3v) is 6.04. The van der Waals surface area contributed by atoms with Gasteiger partial charge in [-0.1, -0.05) is 30.3 Å². The van der Waals surface area contributed by atoms with E-state index in [9.17, 15) is 18.6 Å². The van der Waals surface area contributed by atoms with E-state index in [0.717, 1.165) is 5.56 Å². The Balaban J connectivity index is 2.03. The van der Waals surface area contributed by atoms with E-state index in [0.29, 0.717) is 12.0 Å². The van der Waals surface area contributed by atoms with Crippen molar-refractivity contribution in [2.75, 3.05) is 7.05 Å². The van der Waals surface area contributed by atoms with Gasteiger partial charge < -0.3 is 10.2 Å². The van der Waals surface area contributed by atoms with Gasteiger partial charge in [-0.05, 0) is 30.2 Å². The van der Waals surface area contributed by atoms with E-state index in [1.54, 1.807) is 42.5 Å². The van der Waals surface area contributed by atoms with Gasteiger partial charge in [0.25, 0.3) is 0 Å². The quantitative estimate of drug-likeness (QED) is 0.883. The van der Waals surface area contributed by atoms with Gasteiger partial charge in [0.15, 0.2) is 0 Å². The summed E-state index contributed by atoms with van der Waals surface area (Å²) in [5, 5.41) is 20.1. The van der Waals surface area contributed by atoms with Gasteiger partial charge in [-0.2, -0.15) is 4.31 Å². The van der Waals surface area contributed by atoms with Gasteiger partial charge in [-0.25, -0.2) is 8.42 Å². The Morgan fingerprint density at radius 2 is 1.86 bits per heavy atom. The first kappa shape index (κ1) is 15.0. The maximum Gasteiger partial charge on any atom is 0.243 e. The second-order valence-electron chi connectivity index (χ2n) is 5.45. The van der Waals surface area contributed by atoms with Gasteiger partial charge in [-0.15, -0.1) is 0 Å². The minimum absolute atomic E-state index is 0.119.